The predicted octanol–water partition coefficient (Wildman–Crippen LogP) is 6.60. The lowest BCUT2D eigenvalue weighted by molar-refractivity contribution is -0.138. The first-order chi connectivity index (χ1) is 19.8. The van der Waals surface area contributed by atoms with E-state index in [4.69, 9.17) is 14.6 Å². The minimum absolute atomic E-state index is 0.0490. The highest BCUT2D eigenvalue weighted by Crippen LogP contribution is 2.28. The quantitative estimate of drug-likeness (QED) is 0.133. The molecule has 0 bridgehead atoms. The number of para-hydroxylation sites is 1. The second-order valence-corrected chi connectivity index (χ2v) is 9.21. The molecule has 7 nitrogen and oxygen atoms in total. The minimum Gasteiger partial charge on any atom is -0.490 e. The van der Waals surface area contributed by atoms with Crippen LogP contribution in [0.2, 0.25) is 0 Å². The standard InChI is InChI=1S/C32H29F2NO6/c33-27-9-5-10-28(31(27)34)41-19-2-1-18-40-25-16-13-22(14-17-25)12-15-23-6-3-8-26-24(7-4-11-29(36)37)20-35(32(23)26)21-30(38)39/h1-3,5-6,8-10,12-17,20H,4,7,11,18-19,21H2,(H,36,37)(H,38,39). The summed E-state index contributed by atoms with van der Waals surface area (Å²) in [5, 5.41) is 19.3. The van der Waals surface area contributed by atoms with Gasteiger partial charge in [-0.05, 0) is 65.9 Å². The zero-order chi connectivity index (χ0) is 29.2. The van der Waals surface area contributed by atoms with E-state index in [1.807, 2.05) is 54.6 Å². The van der Waals surface area contributed by atoms with Crippen molar-refractivity contribution < 1.29 is 38.1 Å². The SMILES string of the molecule is O=C(O)CCCc1cn(CC(=O)O)c2c(C=Cc3ccc(OCC=CCOc4cccc(F)c4F)cc3)cccc12. The zero-order valence-corrected chi connectivity index (χ0v) is 22.1. The number of hydrogen-bond donors (Lipinski definition) is 2. The van der Waals surface area contributed by atoms with Crippen molar-refractivity contribution in [3.05, 3.63) is 107 Å². The van der Waals surface area contributed by atoms with E-state index < -0.39 is 23.6 Å². The number of rotatable bonds is 14. The summed E-state index contributed by atoms with van der Waals surface area (Å²) in [5.41, 5.74) is 3.46. The maximum atomic E-state index is 13.6. The number of fused-ring (bicyclic) bond motifs is 1. The molecule has 0 aliphatic rings. The molecular weight excluding hydrogens is 532 g/mol. The third-order valence-electron chi connectivity index (χ3n) is 6.25. The van der Waals surface area contributed by atoms with Gasteiger partial charge in [0.25, 0.3) is 0 Å². The molecule has 0 spiro atoms. The number of carbonyl (C=O) groups is 2. The molecule has 0 aliphatic carbocycles. The van der Waals surface area contributed by atoms with Crippen LogP contribution in [0, 0.1) is 11.6 Å². The number of benzene rings is 3. The molecule has 1 aromatic heterocycles. The van der Waals surface area contributed by atoms with Crippen LogP contribution < -0.4 is 9.47 Å². The third-order valence-corrected chi connectivity index (χ3v) is 6.25. The molecule has 4 aromatic rings. The Labute approximate surface area is 235 Å². The summed E-state index contributed by atoms with van der Waals surface area (Å²) in [6, 6.07) is 16.9. The number of nitrogens with zero attached hydrogens (tertiary/aromatic N) is 1. The molecule has 3 aromatic carbocycles. The number of ether oxygens (including phenoxy) is 2. The highest BCUT2D eigenvalue weighted by Gasteiger charge is 2.14. The zero-order valence-electron chi connectivity index (χ0n) is 22.1. The highest BCUT2D eigenvalue weighted by atomic mass is 19.2. The predicted molar refractivity (Wildman–Crippen MR) is 152 cm³/mol. The van der Waals surface area contributed by atoms with E-state index >= 15 is 0 Å². The summed E-state index contributed by atoms with van der Waals surface area (Å²) in [6.45, 7) is 0.135. The van der Waals surface area contributed by atoms with Crippen LogP contribution in [0.1, 0.15) is 29.5 Å². The fourth-order valence-corrected chi connectivity index (χ4v) is 4.37. The Hall–Kier alpha value is -4.92. The van der Waals surface area contributed by atoms with E-state index in [1.54, 1.807) is 22.9 Å². The van der Waals surface area contributed by atoms with Crippen molar-refractivity contribution in [2.24, 2.45) is 0 Å². The van der Waals surface area contributed by atoms with E-state index in [-0.39, 0.29) is 31.9 Å². The van der Waals surface area contributed by atoms with Crippen LogP contribution in [0.15, 0.2) is 79.0 Å². The van der Waals surface area contributed by atoms with E-state index in [2.05, 4.69) is 0 Å². The first-order valence-electron chi connectivity index (χ1n) is 13.0. The monoisotopic (exact) mass is 561 g/mol. The van der Waals surface area contributed by atoms with Crippen LogP contribution in [-0.4, -0.2) is 39.9 Å². The van der Waals surface area contributed by atoms with E-state index in [0.717, 1.165) is 33.7 Å². The van der Waals surface area contributed by atoms with Gasteiger partial charge in [0, 0.05) is 18.0 Å². The number of aromatic nitrogens is 1. The second-order valence-electron chi connectivity index (χ2n) is 9.21. The van der Waals surface area contributed by atoms with E-state index in [1.165, 1.54) is 12.1 Å². The smallest absolute Gasteiger partial charge is 0.323 e. The van der Waals surface area contributed by atoms with Gasteiger partial charge in [0.1, 0.15) is 25.5 Å². The largest absolute Gasteiger partial charge is 0.490 e. The number of halogens is 2. The topological polar surface area (TPSA) is 98.0 Å². The van der Waals surface area contributed by atoms with Crippen LogP contribution in [0.5, 0.6) is 11.5 Å². The average Bonchev–Trinajstić information content (AvgIpc) is 3.29. The Bertz CT molecular complexity index is 1570. The Kier molecular flexibility index (Phi) is 9.88. The van der Waals surface area contributed by atoms with Gasteiger partial charge >= 0.3 is 11.9 Å². The molecule has 4 rings (SSSR count). The van der Waals surface area contributed by atoms with Crippen molar-refractivity contribution in [3.63, 3.8) is 0 Å². The fourth-order valence-electron chi connectivity index (χ4n) is 4.37. The molecule has 0 fully saturated rings. The van der Waals surface area contributed by atoms with Crippen LogP contribution >= 0.6 is 0 Å². The van der Waals surface area contributed by atoms with Gasteiger partial charge in [0.2, 0.25) is 5.82 Å². The van der Waals surface area contributed by atoms with Crippen LogP contribution in [-0.2, 0) is 22.6 Å². The molecule has 1 heterocycles. The number of carboxylic acids is 2. The molecule has 212 valence electrons. The number of carboxylic acid groups (broad SMARTS) is 2. The summed E-state index contributed by atoms with van der Waals surface area (Å²) < 4.78 is 39.4. The number of hydrogen-bond acceptors (Lipinski definition) is 4. The third kappa shape index (κ3) is 8.04. The first-order valence-corrected chi connectivity index (χ1v) is 13.0. The Balaban J connectivity index is 1.37. The first kappa shape index (κ1) is 29.1. The summed E-state index contributed by atoms with van der Waals surface area (Å²) in [7, 11) is 0. The van der Waals surface area contributed by atoms with E-state index in [0.29, 0.717) is 18.6 Å². The van der Waals surface area contributed by atoms with Crippen molar-refractivity contribution in [1.29, 1.82) is 0 Å². The van der Waals surface area contributed by atoms with E-state index in [9.17, 15) is 23.5 Å². The van der Waals surface area contributed by atoms with Gasteiger partial charge in [-0.15, -0.1) is 0 Å². The van der Waals surface area contributed by atoms with Gasteiger partial charge in [0.05, 0.1) is 5.52 Å². The van der Waals surface area contributed by atoms with Crippen molar-refractivity contribution in [2.75, 3.05) is 13.2 Å². The van der Waals surface area contributed by atoms with Crippen molar-refractivity contribution in [2.45, 2.75) is 25.8 Å². The minimum atomic E-state index is -1.02. The molecule has 0 atom stereocenters. The Morgan fingerprint density at radius 2 is 1.59 bits per heavy atom. The Morgan fingerprint density at radius 1 is 0.854 bits per heavy atom. The lowest BCUT2D eigenvalue weighted by Crippen LogP contribution is -2.07. The summed E-state index contributed by atoms with van der Waals surface area (Å²) in [5.74, 6) is -3.31. The molecule has 9 heteroatoms. The van der Waals surface area contributed by atoms with Gasteiger partial charge in [-0.2, -0.15) is 4.39 Å². The molecule has 41 heavy (non-hydrogen) atoms. The average molecular weight is 562 g/mol. The summed E-state index contributed by atoms with van der Waals surface area (Å²) >= 11 is 0. The van der Waals surface area contributed by atoms with Gasteiger partial charge in [-0.3, -0.25) is 9.59 Å². The molecule has 0 radical (unpaired) electrons. The maximum Gasteiger partial charge on any atom is 0.323 e. The van der Waals surface area contributed by atoms with Crippen molar-refractivity contribution in [3.8, 4) is 11.5 Å². The fraction of sp³-hybridized carbons (Fsp3) is 0.188. The lowest BCUT2D eigenvalue weighted by atomic mass is 10.0. The van der Waals surface area contributed by atoms with Crippen molar-refractivity contribution in [1.82, 2.24) is 4.57 Å². The van der Waals surface area contributed by atoms with Crippen LogP contribution in [0.3, 0.4) is 0 Å². The van der Waals surface area contributed by atoms with Crippen LogP contribution in [0.4, 0.5) is 8.78 Å². The molecule has 0 saturated heterocycles. The number of aryl methyl sites for hydroxylation is 1. The van der Waals surface area contributed by atoms with Gasteiger partial charge in [-0.1, -0.05) is 48.6 Å². The molecule has 0 aliphatic heterocycles. The molecule has 2 N–H and O–H groups in total. The molecule has 0 amide bonds. The second kappa shape index (κ2) is 13.9. The summed E-state index contributed by atoms with van der Waals surface area (Å²) in [6.07, 6.45) is 10.1. The molecule has 0 unspecified atom stereocenters. The van der Waals surface area contributed by atoms with Crippen LogP contribution in [0.25, 0.3) is 23.1 Å². The maximum absolute atomic E-state index is 13.6. The normalized spacial score (nSPS) is 11.5. The van der Waals surface area contributed by atoms with Gasteiger partial charge in [-0.25, -0.2) is 4.39 Å². The molecular formula is C32H29F2NO6. The van der Waals surface area contributed by atoms with Gasteiger partial charge < -0.3 is 24.3 Å². The highest BCUT2D eigenvalue weighted by molar-refractivity contribution is 5.94. The summed E-state index contributed by atoms with van der Waals surface area (Å²) in [4.78, 5) is 22.4. The van der Waals surface area contributed by atoms with Gasteiger partial charge in [0.15, 0.2) is 11.6 Å². The number of aliphatic carboxylic acids is 2. The Morgan fingerprint density at radius 3 is 2.32 bits per heavy atom. The lowest BCUT2D eigenvalue weighted by Gasteiger charge is -2.06. The van der Waals surface area contributed by atoms with Crippen molar-refractivity contribution >= 4 is 35.0 Å². The molecule has 0 saturated carbocycles.